The Labute approximate surface area is 181 Å². The fraction of sp³-hybridized carbons (Fsp3) is 0.130. The average Bonchev–Trinajstić information content (AvgIpc) is 2.74. The molecule has 0 spiro atoms. The highest BCUT2D eigenvalue weighted by Crippen LogP contribution is 2.24. The van der Waals surface area contributed by atoms with Crippen molar-refractivity contribution in [2.75, 3.05) is 22.0 Å². The quantitative estimate of drug-likeness (QED) is 0.609. The predicted octanol–water partition coefficient (Wildman–Crippen LogP) is 4.03. The molecule has 0 atom stereocenters. The highest BCUT2D eigenvalue weighted by molar-refractivity contribution is 7.92. The summed E-state index contributed by atoms with van der Waals surface area (Å²) >= 11 is 0. The van der Waals surface area contributed by atoms with Gasteiger partial charge in [0.2, 0.25) is 5.91 Å². The number of hydrogen-bond donors (Lipinski definition) is 2. The maximum Gasteiger partial charge on any atom is 0.264 e. The lowest BCUT2D eigenvalue weighted by Gasteiger charge is -2.20. The maximum absolute atomic E-state index is 12.9. The second kappa shape index (κ2) is 9.01. The standard InChI is InChI=1S/C23H23N3O4S/c1-16-7-13-22(14-8-16)31(29,30)26(3)21-6-4-5-18(15-21)23(28)25-20-11-9-19(10-12-20)24-17(2)27/h4-15H,1-3H3,(H,24,27)(H,25,28). The van der Waals surface area contributed by atoms with Gasteiger partial charge >= 0.3 is 0 Å². The smallest absolute Gasteiger partial charge is 0.264 e. The highest BCUT2D eigenvalue weighted by Gasteiger charge is 2.22. The van der Waals surface area contributed by atoms with E-state index in [2.05, 4.69) is 10.6 Å². The highest BCUT2D eigenvalue weighted by atomic mass is 32.2. The zero-order chi connectivity index (χ0) is 22.6. The number of aryl methyl sites for hydroxylation is 1. The fourth-order valence-corrected chi connectivity index (χ4v) is 4.08. The lowest BCUT2D eigenvalue weighted by atomic mass is 10.2. The number of benzene rings is 3. The van der Waals surface area contributed by atoms with Crippen LogP contribution in [0, 0.1) is 6.92 Å². The molecule has 160 valence electrons. The summed E-state index contributed by atoms with van der Waals surface area (Å²) in [4.78, 5) is 23.9. The molecule has 3 rings (SSSR count). The van der Waals surface area contributed by atoms with Crippen LogP contribution in [-0.4, -0.2) is 27.3 Å². The van der Waals surface area contributed by atoms with Crippen LogP contribution in [0.4, 0.5) is 17.1 Å². The van der Waals surface area contributed by atoms with E-state index in [-0.39, 0.29) is 16.7 Å². The Morgan fingerprint density at radius 3 is 2.00 bits per heavy atom. The van der Waals surface area contributed by atoms with Gasteiger partial charge in [-0.25, -0.2) is 8.42 Å². The Morgan fingerprint density at radius 1 is 0.839 bits per heavy atom. The van der Waals surface area contributed by atoms with Gasteiger partial charge in [-0.15, -0.1) is 0 Å². The van der Waals surface area contributed by atoms with Gasteiger partial charge in [0.15, 0.2) is 0 Å². The van der Waals surface area contributed by atoms with Gasteiger partial charge in [0.1, 0.15) is 0 Å². The summed E-state index contributed by atoms with van der Waals surface area (Å²) in [7, 11) is -2.31. The summed E-state index contributed by atoms with van der Waals surface area (Å²) in [6.45, 7) is 3.30. The second-order valence-electron chi connectivity index (χ2n) is 7.05. The van der Waals surface area contributed by atoms with Gasteiger partial charge in [0.25, 0.3) is 15.9 Å². The molecular weight excluding hydrogens is 414 g/mol. The van der Waals surface area contributed by atoms with Crippen LogP contribution in [0.2, 0.25) is 0 Å². The summed E-state index contributed by atoms with van der Waals surface area (Å²) in [5.41, 5.74) is 2.81. The molecule has 31 heavy (non-hydrogen) atoms. The summed E-state index contributed by atoms with van der Waals surface area (Å²) in [6, 6.07) is 19.7. The van der Waals surface area contributed by atoms with Crippen molar-refractivity contribution in [2.24, 2.45) is 0 Å². The van der Waals surface area contributed by atoms with E-state index in [4.69, 9.17) is 0 Å². The van der Waals surface area contributed by atoms with E-state index >= 15 is 0 Å². The molecule has 3 aromatic rings. The molecule has 0 fully saturated rings. The van der Waals surface area contributed by atoms with Gasteiger partial charge in [-0.3, -0.25) is 13.9 Å². The van der Waals surface area contributed by atoms with E-state index in [1.165, 1.54) is 20.0 Å². The first kappa shape index (κ1) is 22.0. The van der Waals surface area contributed by atoms with Crippen molar-refractivity contribution >= 4 is 38.9 Å². The molecule has 0 aliphatic rings. The topological polar surface area (TPSA) is 95.6 Å². The predicted molar refractivity (Wildman–Crippen MR) is 122 cm³/mol. The van der Waals surface area contributed by atoms with Gasteiger partial charge in [0.05, 0.1) is 10.6 Å². The minimum Gasteiger partial charge on any atom is -0.326 e. The molecule has 3 aromatic carbocycles. The number of carbonyl (C=O) groups is 2. The SMILES string of the molecule is CC(=O)Nc1ccc(NC(=O)c2cccc(N(C)S(=O)(=O)c3ccc(C)cc3)c2)cc1. The normalized spacial score (nSPS) is 10.9. The van der Waals surface area contributed by atoms with E-state index in [9.17, 15) is 18.0 Å². The van der Waals surface area contributed by atoms with Crippen LogP contribution in [0.25, 0.3) is 0 Å². The van der Waals surface area contributed by atoms with Crippen molar-refractivity contribution in [3.8, 4) is 0 Å². The molecule has 7 nitrogen and oxygen atoms in total. The first-order valence-electron chi connectivity index (χ1n) is 9.51. The van der Waals surface area contributed by atoms with Crippen molar-refractivity contribution in [3.63, 3.8) is 0 Å². The number of rotatable bonds is 6. The summed E-state index contributed by atoms with van der Waals surface area (Å²) in [6.07, 6.45) is 0. The number of anilines is 3. The number of nitrogens with zero attached hydrogens (tertiary/aromatic N) is 1. The third-order valence-electron chi connectivity index (χ3n) is 4.61. The molecule has 0 saturated carbocycles. The van der Waals surface area contributed by atoms with Crippen molar-refractivity contribution in [1.82, 2.24) is 0 Å². The number of sulfonamides is 1. The van der Waals surface area contributed by atoms with Crippen molar-refractivity contribution in [3.05, 3.63) is 83.9 Å². The number of hydrogen-bond acceptors (Lipinski definition) is 4. The van der Waals surface area contributed by atoms with Crippen LogP contribution in [0.3, 0.4) is 0 Å². The van der Waals surface area contributed by atoms with Gasteiger partial charge < -0.3 is 10.6 Å². The Hall–Kier alpha value is -3.65. The molecule has 0 aromatic heterocycles. The van der Waals surface area contributed by atoms with Crippen LogP contribution < -0.4 is 14.9 Å². The monoisotopic (exact) mass is 437 g/mol. The van der Waals surface area contributed by atoms with E-state index in [1.807, 2.05) is 6.92 Å². The van der Waals surface area contributed by atoms with Crippen molar-refractivity contribution in [1.29, 1.82) is 0 Å². The molecule has 0 radical (unpaired) electrons. The van der Waals surface area contributed by atoms with E-state index < -0.39 is 10.0 Å². The molecule has 0 aliphatic carbocycles. The largest absolute Gasteiger partial charge is 0.326 e. The molecule has 2 amide bonds. The van der Waals surface area contributed by atoms with Crippen LogP contribution >= 0.6 is 0 Å². The second-order valence-corrected chi connectivity index (χ2v) is 9.02. The number of nitrogens with one attached hydrogen (secondary N) is 2. The van der Waals surface area contributed by atoms with Crippen LogP contribution in [0.1, 0.15) is 22.8 Å². The molecule has 8 heteroatoms. The lowest BCUT2D eigenvalue weighted by molar-refractivity contribution is -0.114. The fourth-order valence-electron chi connectivity index (χ4n) is 2.89. The van der Waals surface area contributed by atoms with E-state index in [1.54, 1.807) is 66.7 Å². The maximum atomic E-state index is 12.9. The summed E-state index contributed by atoms with van der Waals surface area (Å²) < 4.78 is 27.0. The van der Waals surface area contributed by atoms with Gasteiger partial charge in [0, 0.05) is 30.9 Å². The zero-order valence-corrected chi connectivity index (χ0v) is 18.2. The van der Waals surface area contributed by atoms with Gasteiger partial charge in [-0.2, -0.15) is 0 Å². The molecule has 0 heterocycles. The molecule has 0 unspecified atom stereocenters. The minimum atomic E-state index is -3.76. The van der Waals surface area contributed by atoms with Gasteiger partial charge in [-0.1, -0.05) is 23.8 Å². The van der Waals surface area contributed by atoms with Crippen molar-refractivity contribution < 1.29 is 18.0 Å². The number of carbonyl (C=O) groups excluding carboxylic acids is 2. The van der Waals surface area contributed by atoms with Crippen LogP contribution in [0.15, 0.2) is 77.7 Å². The van der Waals surface area contributed by atoms with Gasteiger partial charge in [-0.05, 0) is 61.5 Å². The van der Waals surface area contributed by atoms with Crippen molar-refractivity contribution in [2.45, 2.75) is 18.7 Å². The van der Waals surface area contributed by atoms with E-state index in [0.717, 1.165) is 9.87 Å². The Morgan fingerprint density at radius 2 is 1.42 bits per heavy atom. The third-order valence-corrected chi connectivity index (χ3v) is 6.41. The molecule has 0 saturated heterocycles. The molecule has 0 bridgehead atoms. The Kier molecular flexibility index (Phi) is 6.41. The summed E-state index contributed by atoms with van der Waals surface area (Å²) in [5.74, 6) is -0.562. The third kappa shape index (κ3) is 5.29. The van der Waals surface area contributed by atoms with Crippen LogP contribution in [0.5, 0.6) is 0 Å². The molecule has 0 aliphatic heterocycles. The number of amides is 2. The zero-order valence-electron chi connectivity index (χ0n) is 17.4. The van der Waals surface area contributed by atoms with Crippen LogP contribution in [-0.2, 0) is 14.8 Å². The summed E-state index contributed by atoms with van der Waals surface area (Å²) in [5, 5.41) is 5.42. The Balaban J connectivity index is 1.78. The minimum absolute atomic E-state index is 0.176. The first-order valence-corrected chi connectivity index (χ1v) is 11.0. The Bertz CT molecular complexity index is 1200. The lowest BCUT2D eigenvalue weighted by Crippen LogP contribution is -2.26. The average molecular weight is 438 g/mol. The van der Waals surface area contributed by atoms with E-state index in [0.29, 0.717) is 22.6 Å². The first-order chi connectivity index (χ1) is 14.7. The molecular formula is C23H23N3O4S. The molecule has 2 N–H and O–H groups in total.